The maximum Gasteiger partial charge on any atom is 0.269 e. The van der Waals surface area contributed by atoms with Crippen LogP contribution < -0.4 is 15.6 Å². The van der Waals surface area contributed by atoms with E-state index in [0.29, 0.717) is 17.9 Å². The third kappa shape index (κ3) is 4.70. The first-order valence-corrected chi connectivity index (χ1v) is 10.4. The zero-order valence-electron chi connectivity index (χ0n) is 18.9. The maximum atomic E-state index is 13.3. The van der Waals surface area contributed by atoms with Crippen LogP contribution in [0.25, 0.3) is 11.7 Å². The highest BCUT2D eigenvalue weighted by Crippen LogP contribution is 2.28. The summed E-state index contributed by atoms with van der Waals surface area (Å²) >= 11 is 0. The summed E-state index contributed by atoms with van der Waals surface area (Å²) in [5.41, 5.74) is 1.73. The standard InChI is InChI=1S/C25H26N4O3/c1-6-27-22(30)17(15-26)14-20-23(28-21-16(2)8-7-13-29(21)24(20)31)32-19-11-9-18(10-12-19)25(3,4)5/h7-14H,6H2,1-5H3,(H,27,30). The average Bonchev–Trinajstić information content (AvgIpc) is 2.74. The number of nitriles is 1. The molecule has 0 unspecified atom stereocenters. The number of likely N-dealkylation sites (N-methyl/N-ethyl adjacent to an activating group) is 1. The van der Waals surface area contributed by atoms with Crippen molar-refractivity contribution in [2.24, 2.45) is 0 Å². The van der Waals surface area contributed by atoms with Gasteiger partial charge in [-0.3, -0.25) is 14.0 Å². The molecule has 0 bridgehead atoms. The highest BCUT2D eigenvalue weighted by molar-refractivity contribution is 6.01. The number of nitrogens with one attached hydrogen (secondary N) is 1. The summed E-state index contributed by atoms with van der Waals surface area (Å²) in [6.07, 6.45) is 2.82. The predicted molar refractivity (Wildman–Crippen MR) is 124 cm³/mol. The van der Waals surface area contributed by atoms with Crippen molar-refractivity contribution in [1.82, 2.24) is 14.7 Å². The largest absolute Gasteiger partial charge is 0.438 e. The molecule has 1 N–H and O–H groups in total. The molecule has 0 saturated heterocycles. The van der Waals surface area contributed by atoms with Gasteiger partial charge < -0.3 is 10.1 Å². The molecular formula is C25H26N4O3. The van der Waals surface area contributed by atoms with Gasteiger partial charge in [-0.05, 0) is 54.7 Å². The molecule has 0 spiro atoms. The number of carbonyl (C=O) groups is 1. The Labute approximate surface area is 187 Å². The summed E-state index contributed by atoms with van der Waals surface area (Å²) in [6, 6.07) is 13.0. The summed E-state index contributed by atoms with van der Waals surface area (Å²) in [5, 5.41) is 12.0. The van der Waals surface area contributed by atoms with Crippen molar-refractivity contribution < 1.29 is 9.53 Å². The van der Waals surface area contributed by atoms with E-state index in [1.807, 2.05) is 43.3 Å². The minimum atomic E-state index is -0.566. The van der Waals surface area contributed by atoms with E-state index in [-0.39, 0.29) is 22.4 Å². The van der Waals surface area contributed by atoms with E-state index in [1.54, 1.807) is 19.2 Å². The highest BCUT2D eigenvalue weighted by Gasteiger charge is 2.18. The highest BCUT2D eigenvalue weighted by atomic mass is 16.5. The Morgan fingerprint density at radius 2 is 1.94 bits per heavy atom. The summed E-state index contributed by atoms with van der Waals surface area (Å²) in [5.74, 6) is -0.0388. The number of pyridine rings is 1. The maximum absolute atomic E-state index is 13.3. The minimum absolute atomic E-state index is 0.0160. The Kier molecular flexibility index (Phi) is 6.45. The second kappa shape index (κ2) is 9.06. The number of benzene rings is 1. The number of carbonyl (C=O) groups excluding carboxylic acids is 1. The molecule has 3 aromatic rings. The van der Waals surface area contributed by atoms with Crippen molar-refractivity contribution in [2.45, 2.75) is 40.0 Å². The summed E-state index contributed by atoms with van der Waals surface area (Å²) < 4.78 is 7.37. The lowest BCUT2D eigenvalue weighted by molar-refractivity contribution is -0.116. The van der Waals surface area contributed by atoms with Crippen LogP contribution in [0.2, 0.25) is 0 Å². The van der Waals surface area contributed by atoms with E-state index in [1.165, 1.54) is 10.5 Å². The molecule has 7 heteroatoms. The molecule has 0 saturated carbocycles. The van der Waals surface area contributed by atoms with Gasteiger partial charge in [-0.1, -0.05) is 39.0 Å². The first-order chi connectivity index (χ1) is 15.2. The van der Waals surface area contributed by atoms with Gasteiger partial charge in [-0.25, -0.2) is 0 Å². The molecule has 0 fully saturated rings. The van der Waals surface area contributed by atoms with Crippen LogP contribution >= 0.6 is 0 Å². The molecule has 3 rings (SSSR count). The lowest BCUT2D eigenvalue weighted by Crippen LogP contribution is -2.25. The molecule has 1 aromatic carbocycles. The molecule has 32 heavy (non-hydrogen) atoms. The van der Waals surface area contributed by atoms with Crippen molar-refractivity contribution in [1.29, 1.82) is 5.26 Å². The Balaban J connectivity index is 2.18. The predicted octanol–water partition coefficient (Wildman–Crippen LogP) is 4.14. The first-order valence-electron chi connectivity index (χ1n) is 10.4. The van der Waals surface area contributed by atoms with Crippen molar-refractivity contribution in [3.63, 3.8) is 0 Å². The summed E-state index contributed by atoms with van der Waals surface area (Å²) in [7, 11) is 0. The van der Waals surface area contributed by atoms with Crippen LogP contribution in [0.3, 0.4) is 0 Å². The van der Waals surface area contributed by atoms with Gasteiger partial charge in [-0.2, -0.15) is 10.2 Å². The van der Waals surface area contributed by atoms with E-state index >= 15 is 0 Å². The first kappa shape index (κ1) is 22.8. The lowest BCUT2D eigenvalue weighted by Gasteiger charge is -2.19. The summed E-state index contributed by atoms with van der Waals surface area (Å²) in [4.78, 5) is 30.1. The number of hydrogen-bond acceptors (Lipinski definition) is 5. The fourth-order valence-electron chi connectivity index (χ4n) is 3.18. The molecule has 2 aromatic heterocycles. The van der Waals surface area contributed by atoms with Gasteiger partial charge in [0.05, 0.1) is 0 Å². The zero-order valence-corrected chi connectivity index (χ0v) is 18.9. The minimum Gasteiger partial charge on any atom is -0.438 e. The zero-order chi connectivity index (χ0) is 23.5. The number of nitrogens with zero attached hydrogens (tertiary/aromatic N) is 3. The van der Waals surface area contributed by atoms with Crippen LogP contribution in [0.4, 0.5) is 0 Å². The molecule has 0 radical (unpaired) electrons. The molecule has 0 aliphatic carbocycles. The smallest absolute Gasteiger partial charge is 0.269 e. The van der Waals surface area contributed by atoms with Gasteiger partial charge in [0, 0.05) is 12.7 Å². The Morgan fingerprint density at radius 3 is 2.53 bits per heavy atom. The van der Waals surface area contributed by atoms with E-state index in [4.69, 9.17) is 4.74 Å². The van der Waals surface area contributed by atoms with Gasteiger partial charge in [0.2, 0.25) is 5.88 Å². The van der Waals surface area contributed by atoms with Crippen molar-refractivity contribution in [3.8, 4) is 17.7 Å². The van der Waals surface area contributed by atoms with E-state index < -0.39 is 11.5 Å². The van der Waals surface area contributed by atoms with Crippen molar-refractivity contribution in [2.75, 3.05) is 6.54 Å². The van der Waals surface area contributed by atoms with E-state index in [9.17, 15) is 14.9 Å². The number of rotatable bonds is 5. The molecule has 2 heterocycles. The van der Waals surface area contributed by atoms with E-state index in [2.05, 4.69) is 31.1 Å². The SMILES string of the molecule is CCNC(=O)C(C#N)=Cc1c(Oc2ccc(C(C)(C)C)cc2)nc2c(C)cccn2c1=O. The molecule has 164 valence electrons. The molecule has 0 aliphatic rings. The topological polar surface area (TPSA) is 96.5 Å². The van der Waals surface area contributed by atoms with Gasteiger partial charge in [0.25, 0.3) is 11.5 Å². The Bertz CT molecular complexity index is 1290. The summed E-state index contributed by atoms with van der Waals surface area (Å²) in [6.45, 7) is 10.3. The van der Waals surface area contributed by atoms with Crippen molar-refractivity contribution in [3.05, 3.63) is 75.2 Å². The fraction of sp³-hybridized carbons (Fsp3) is 0.280. The number of ether oxygens (including phenoxy) is 1. The number of aryl methyl sites for hydroxylation is 1. The van der Waals surface area contributed by atoms with Crippen LogP contribution in [0.1, 0.15) is 44.4 Å². The number of hydrogen-bond donors (Lipinski definition) is 1. The molecule has 0 aliphatic heterocycles. The second-order valence-corrected chi connectivity index (χ2v) is 8.43. The molecule has 0 atom stereocenters. The molecular weight excluding hydrogens is 404 g/mol. The Hall–Kier alpha value is -3.92. The number of amides is 1. The third-order valence-electron chi connectivity index (χ3n) is 4.98. The van der Waals surface area contributed by atoms with Crippen LogP contribution in [-0.4, -0.2) is 21.8 Å². The lowest BCUT2D eigenvalue weighted by atomic mass is 9.87. The quantitative estimate of drug-likeness (QED) is 0.485. The third-order valence-corrected chi connectivity index (χ3v) is 4.98. The normalized spacial score (nSPS) is 11.8. The monoisotopic (exact) mass is 430 g/mol. The van der Waals surface area contributed by atoms with Gasteiger partial charge >= 0.3 is 0 Å². The van der Waals surface area contributed by atoms with Crippen LogP contribution in [0.15, 0.2) is 53.0 Å². The molecule has 1 amide bonds. The Morgan fingerprint density at radius 1 is 1.25 bits per heavy atom. The second-order valence-electron chi connectivity index (χ2n) is 8.43. The van der Waals surface area contributed by atoms with Crippen LogP contribution in [-0.2, 0) is 10.2 Å². The molecule has 7 nitrogen and oxygen atoms in total. The van der Waals surface area contributed by atoms with Gasteiger partial charge in [0.1, 0.15) is 28.6 Å². The fourth-order valence-corrected chi connectivity index (χ4v) is 3.18. The average molecular weight is 431 g/mol. The van der Waals surface area contributed by atoms with E-state index in [0.717, 1.165) is 11.1 Å². The van der Waals surface area contributed by atoms with Crippen molar-refractivity contribution >= 4 is 17.6 Å². The van der Waals surface area contributed by atoms with Gasteiger partial charge in [0.15, 0.2) is 0 Å². The van der Waals surface area contributed by atoms with Gasteiger partial charge in [-0.15, -0.1) is 0 Å². The number of aromatic nitrogens is 2. The van der Waals surface area contributed by atoms with Crippen LogP contribution in [0.5, 0.6) is 11.6 Å². The number of fused-ring (bicyclic) bond motifs is 1. The van der Waals surface area contributed by atoms with Crippen LogP contribution in [0, 0.1) is 18.3 Å².